The van der Waals surface area contributed by atoms with E-state index in [0.29, 0.717) is 33.5 Å². The van der Waals surface area contributed by atoms with E-state index in [4.69, 9.17) is 33.7 Å². The van der Waals surface area contributed by atoms with Crippen molar-refractivity contribution < 1.29 is 9.13 Å². The Labute approximate surface area is 132 Å². The lowest BCUT2D eigenvalue weighted by Gasteiger charge is -2.27. The van der Waals surface area contributed by atoms with Crippen LogP contribution in [0.2, 0.25) is 10.0 Å². The van der Waals surface area contributed by atoms with Crippen LogP contribution in [0.25, 0.3) is 11.1 Å². The average Bonchev–Trinajstić information content (AvgIpc) is 2.46. The molecule has 21 heavy (non-hydrogen) atoms. The molecule has 0 radical (unpaired) electrons. The van der Waals surface area contributed by atoms with Crippen molar-refractivity contribution in [1.29, 1.82) is 0 Å². The fourth-order valence-corrected chi connectivity index (χ4v) is 3.22. The van der Waals surface area contributed by atoms with E-state index in [1.165, 1.54) is 12.1 Å². The third kappa shape index (κ3) is 2.73. The number of nitrogens with two attached hydrogens (primary N) is 1. The molecule has 0 saturated heterocycles. The number of ether oxygens (including phenoxy) is 1. The SMILES string of the molecule is NC[C@@H]1CCc2cc(F)cc(-c3c(Cl)cccc3Cl)c2O1. The monoisotopic (exact) mass is 325 g/mol. The van der Waals surface area contributed by atoms with Crippen molar-refractivity contribution in [3.05, 3.63) is 51.8 Å². The lowest BCUT2D eigenvalue weighted by molar-refractivity contribution is 0.182. The smallest absolute Gasteiger partial charge is 0.131 e. The summed E-state index contributed by atoms with van der Waals surface area (Å²) >= 11 is 12.5. The van der Waals surface area contributed by atoms with Crippen molar-refractivity contribution >= 4 is 23.2 Å². The topological polar surface area (TPSA) is 35.2 Å². The first kappa shape index (κ1) is 14.6. The summed E-state index contributed by atoms with van der Waals surface area (Å²) in [6.07, 6.45) is 1.44. The Morgan fingerprint density at radius 3 is 2.62 bits per heavy atom. The fourth-order valence-electron chi connectivity index (χ4n) is 2.62. The van der Waals surface area contributed by atoms with Crippen molar-refractivity contribution in [1.82, 2.24) is 0 Å². The number of hydrogen-bond acceptors (Lipinski definition) is 2. The zero-order valence-electron chi connectivity index (χ0n) is 11.2. The van der Waals surface area contributed by atoms with Crippen LogP contribution in [0, 0.1) is 5.82 Å². The minimum absolute atomic E-state index is 0.0667. The molecule has 3 rings (SSSR count). The molecular weight excluding hydrogens is 312 g/mol. The molecule has 0 aromatic heterocycles. The van der Waals surface area contributed by atoms with Gasteiger partial charge in [0.1, 0.15) is 17.7 Å². The summed E-state index contributed by atoms with van der Waals surface area (Å²) in [5.74, 6) is 0.308. The molecule has 2 N–H and O–H groups in total. The van der Waals surface area contributed by atoms with Crippen LogP contribution >= 0.6 is 23.2 Å². The molecule has 1 aliphatic heterocycles. The second kappa shape index (κ2) is 5.84. The van der Waals surface area contributed by atoms with Gasteiger partial charge in [-0.05, 0) is 42.7 Å². The summed E-state index contributed by atoms with van der Waals surface area (Å²) in [6, 6.07) is 8.11. The lowest BCUT2D eigenvalue weighted by Crippen LogP contribution is -2.30. The molecular formula is C16H14Cl2FNO. The van der Waals surface area contributed by atoms with Crippen molar-refractivity contribution in [2.24, 2.45) is 5.73 Å². The molecule has 0 spiro atoms. The van der Waals surface area contributed by atoms with Gasteiger partial charge in [-0.25, -0.2) is 4.39 Å². The van der Waals surface area contributed by atoms with Gasteiger partial charge in [-0.1, -0.05) is 29.3 Å². The molecule has 0 aliphatic carbocycles. The van der Waals surface area contributed by atoms with Gasteiger partial charge in [0.05, 0.1) is 10.0 Å². The first-order chi connectivity index (χ1) is 10.1. The van der Waals surface area contributed by atoms with Gasteiger partial charge in [0.15, 0.2) is 0 Å². The van der Waals surface area contributed by atoms with Gasteiger partial charge in [-0.3, -0.25) is 0 Å². The summed E-state index contributed by atoms with van der Waals surface area (Å²) < 4.78 is 19.8. The van der Waals surface area contributed by atoms with Crippen molar-refractivity contribution in [3.8, 4) is 16.9 Å². The van der Waals surface area contributed by atoms with Gasteiger partial charge in [0, 0.05) is 17.7 Å². The number of hydrogen-bond donors (Lipinski definition) is 1. The van der Waals surface area contributed by atoms with Crippen LogP contribution in [0.4, 0.5) is 4.39 Å². The molecule has 1 aliphatic rings. The van der Waals surface area contributed by atoms with E-state index in [1.807, 2.05) is 0 Å². The third-order valence-corrected chi connectivity index (χ3v) is 4.28. The van der Waals surface area contributed by atoms with Crippen LogP contribution in [-0.4, -0.2) is 12.6 Å². The zero-order valence-corrected chi connectivity index (χ0v) is 12.7. The Kier molecular flexibility index (Phi) is 4.07. The predicted molar refractivity (Wildman–Crippen MR) is 83.6 cm³/mol. The van der Waals surface area contributed by atoms with Gasteiger partial charge in [0.25, 0.3) is 0 Å². The summed E-state index contributed by atoms with van der Waals surface area (Å²) in [7, 11) is 0. The Hall–Kier alpha value is -1.29. The fraction of sp³-hybridized carbons (Fsp3) is 0.250. The van der Waals surface area contributed by atoms with Crippen LogP contribution in [0.15, 0.2) is 30.3 Å². The lowest BCUT2D eigenvalue weighted by atomic mass is 9.95. The molecule has 110 valence electrons. The van der Waals surface area contributed by atoms with Crippen molar-refractivity contribution in [3.63, 3.8) is 0 Å². The van der Waals surface area contributed by atoms with Gasteiger partial charge >= 0.3 is 0 Å². The molecule has 1 atom stereocenters. The van der Waals surface area contributed by atoms with Crippen LogP contribution in [0.5, 0.6) is 5.75 Å². The van der Waals surface area contributed by atoms with E-state index in [1.54, 1.807) is 18.2 Å². The highest BCUT2D eigenvalue weighted by molar-refractivity contribution is 6.39. The molecule has 2 nitrogen and oxygen atoms in total. The maximum atomic E-state index is 13.9. The van der Waals surface area contributed by atoms with Crippen LogP contribution in [0.1, 0.15) is 12.0 Å². The van der Waals surface area contributed by atoms with Crippen LogP contribution < -0.4 is 10.5 Å². The normalized spacial score (nSPS) is 17.2. The highest BCUT2D eigenvalue weighted by Crippen LogP contribution is 2.43. The second-order valence-electron chi connectivity index (χ2n) is 5.05. The number of halogens is 3. The molecule has 5 heteroatoms. The van der Waals surface area contributed by atoms with E-state index >= 15 is 0 Å². The predicted octanol–water partition coefficient (Wildman–Crippen LogP) is 4.45. The molecule has 1 heterocycles. The third-order valence-electron chi connectivity index (χ3n) is 3.65. The number of aryl methyl sites for hydroxylation is 1. The Morgan fingerprint density at radius 1 is 1.24 bits per heavy atom. The van der Waals surface area contributed by atoms with E-state index in [0.717, 1.165) is 18.4 Å². The van der Waals surface area contributed by atoms with E-state index in [9.17, 15) is 4.39 Å². The van der Waals surface area contributed by atoms with Crippen molar-refractivity contribution in [2.45, 2.75) is 18.9 Å². The minimum Gasteiger partial charge on any atom is -0.488 e. The van der Waals surface area contributed by atoms with Gasteiger partial charge in [-0.15, -0.1) is 0 Å². The Morgan fingerprint density at radius 2 is 1.95 bits per heavy atom. The van der Waals surface area contributed by atoms with Gasteiger partial charge in [-0.2, -0.15) is 0 Å². The first-order valence-electron chi connectivity index (χ1n) is 6.73. The maximum Gasteiger partial charge on any atom is 0.131 e. The van der Waals surface area contributed by atoms with E-state index in [-0.39, 0.29) is 11.9 Å². The molecule has 0 amide bonds. The second-order valence-corrected chi connectivity index (χ2v) is 5.87. The maximum absolute atomic E-state index is 13.9. The summed E-state index contributed by atoms with van der Waals surface area (Å²) in [6.45, 7) is 0.423. The van der Waals surface area contributed by atoms with Crippen LogP contribution in [-0.2, 0) is 6.42 Å². The van der Waals surface area contributed by atoms with E-state index in [2.05, 4.69) is 0 Å². The van der Waals surface area contributed by atoms with E-state index < -0.39 is 0 Å². The number of rotatable bonds is 2. The number of fused-ring (bicyclic) bond motifs is 1. The molecule has 0 fully saturated rings. The van der Waals surface area contributed by atoms with Crippen molar-refractivity contribution in [2.75, 3.05) is 6.54 Å². The average molecular weight is 326 g/mol. The Balaban J connectivity index is 2.21. The largest absolute Gasteiger partial charge is 0.488 e. The summed E-state index contributed by atoms with van der Waals surface area (Å²) in [5, 5.41) is 0.933. The minimum atomic E-state index is -0.325. The van der Waals surface area contributed by atoms with Gasteiger partial charge in [0.2, 0.25) is 0 Å². The Bertz CT molecular complexity index is 670. The van der Waals surface area contributed by atoms with Crippen LogP contribution in [0.3, 0.4) is 0 Å². The van der Waals surface area contributed by atoms with Gasteiger partial charge < -0.3 is 10.5 Å². The summed E-state index contributed by atoms with van der Waals surface area (Å²) in [4.78, 5) is 0. The summed E-state index contributed by atoms with van der Waals surface area (Å²) in [5.41, 5.74) is 7.69. The standard InChI is InChI=1S/C16H14Cl2FNO/c17-13-2-1-3-14(18)15(13)12-7-10(19)6-9-4-5-11(8-20)21-16(9)12/h1-3,6-7,11H,4-5,8,20H2/t11-/m0/s1. The quantitative estimate of drug-likeness (QED) is 0.885. The highest BCUT2D eigenvalue weighted by atomic mass is 35.5. The zero-order chi connectivity index (χ0) is 15.0. The highest BCUT2D eigenvalue weighted by Gasteiger charge is 2.25. The molecule has 2 aromatic carbocycles. The number of benzene rings is 2. The molecule has 0 bridgehead atoms. The molecule has 0 unspecified atom stereocenters. The molecule has 0 saturated carbocycles. The molecule has 2 aromatic rings. The first-order valence-corrected chi connectivity index (χ1v) is 7.49.